The monoisotopic (exact) mass is 307 g/mol. The third-order valence-electron chi connectivity index (χ3n) is 4.13. The molecule has 3 nitrogen and oxygen atoms in total. The maximum absolute atomic E-state index is 12.6. The van der Waals surface area contributed by atoms with Crippen LogP contribution in [0.25, 0.3) is 0 Å². The van der Waals surface area contributed by atoms with Crippen molar-refractivity contribution >= 4 is 5.91 Å². The fourth-order valence-corrected chi connectivity index (χ4v) is 2.85. The van der Waals surface area contributed by atoms with Crippen LogP contribution in [0.4, 0.5) is 4.39 Å². The standard InChI is InChI=1S/C18H26FNO2/c1-12(2)15-10-14-6-8-20(13(3)4)18(21)16(14)11-17(15)22-9-5-7-19/h10-13H,5-9H2,1-4H3. The van der Waals surface area contributed by atoms with Gasteiger partial charge >= 0.3 is 0 Å². The molecular formula is C18H26FNO2. The number of ether oxygens (including phenoxy) is 1. The van der Waals surface area contributed by atoms with Crippen LogP contribution in [0, 0.1) is 0 Å². The van der Waals surface area contributed by atoms with Crippen molar-refractivity contribution < 1.29 is 13.9 Å². The average molecular weight is 307 g/mol. The molecule has 0 fully saturated rings. The van der Waals surface area contributed by atoms with Crippen molar-refractivity contribution in [3.63, 3.8) is 0 Å². The quantitative estimate of drug-likeness (QED) is 0.745. The molecule has 0 bridgehead atoms. The molecule has 4 heteroatoms. The minimum Gasteiger partial charge on any atom is -0.493 e. The number of rotatable bonds is 6. The van der Waals surface area contributed by atoms with Crippen LogP contribution in [0.5, 0.6) is 5.75 Å². The maximum Gasteiger partial charge on any atom is 0.254 e. The number of amides is 1. The third kappa shape index (κ3) is 3.42. The van der Waals surface area contributed by atoms with Crippen molar-refractivity contribution in [1.29, 1.82) is 0 Å². The van der Waals surface area contributed by atoms with Gasteiger partial charge in [-0.1, -0.05) is 19.9 Å². The molecule has 0 spiro atoms. The Hall–Kier alpha value is -1.58. The molecule has 0 aliphatic carbocycles. The van der Waals surface area contributed by atoms with E-state index in [9.17, 15) is 9.18 Å². The predicted octanol–water partition coefficient (Wildman–Crippen LogP) is 3.96. The Morgan fingerprint density at radius 1 is 1.27 bits per heavy atom. The lowest BCUT2D eigenvalue weighted by molar-refractivity contribution is 0.0687. The first-order chi connectivity index (χ1) is 10.5. The van der Waals surface area contributed by atoms with E-state index >= 15 is 0 Å². The zero-order valence-corrected chi connectivity index (χ0v) is 14.0. The van der Waals surface area contributed by atoms with Crippen molar-refractivity contribution in [1.82, 2.24) is 4.90 Å². The first-order valence-corrected chi connectivity index (χ1v) is 8.12. The Bertz CT molecular complexity index is 540. The first-order valence-electron chi connectivity index (χ1n) is 8.12. The topological polar surface area (TPSA) is 29.5 Å². The van der Waals surface area contributed by atoms with Gasteiger partial charge in [-0.25, -0.2) is 0 Å². The van der Waals surface area contributed by atoms with Crippen molar-refractivity contribution in [3.05, 3.63) is 28.8 Å². The molecule has 0 unspecified atom stereocenters. The molecule has 0 aromatic heterocycles. The summed E-state index contributed by atoms with van der Waals surface area (Å²) in [6.07, 6.45) is 1.25. The van der Waals surface area contributed by atoms with Gasteiger partial charge in [0, 0.05) is 24.6 Å². The molecule has 2 rings (SSSR count). The summed E-state index contributed by atoms with van der Waals surface area (Å²) >= 11 is 0. The van der Waals surface area contributed by atoms with Gasteiger partial charge in [0.05, 0.1) is 13.3 Å². The molecule has 0 atom stereocenters. The van der Waals surface area contributed by atoms with E-state index in [1.165, 1.54) is 0 Å². The molecule has 1 amide bonds. The van der Waals surface area contributed by atoms with E-state index in [1.807, 2.05) is 24.8 Å². The molecule has 122 valence electrons. The average Bonchev–Trinajstić information content (AvgIpc) is 2.47. The fourth-order valence-electron chi connectivity index (χ4n) is 2.85. The van der Waals surface area contributed by atoms with Gasteiger partial charge in [0.15, 0.2) is 0 Å². The summed E-state index contributed by atoms with van der Waals surface area (Å²) in [4.78, 5) is 14.5. The summed E-state index contributed by atoms with van der Waals surface area (Å²) < 4.78 is 18.0. The van der Waals surface area contributed by atoms with Crippen LogP contribution in [0.2, 0.25) is 0 Å². The molecule has 0 saturated heterocycles. The number of carbonyl (C=O) groups is 1. The van der Waals surface area contributed by atoms with Crippen LogP contribution in [0.1, 0.15) is 61.5 Å². The van der Waals surface area contributed by atoms with Crippen LogP contribution in [-0.4, -0.2) is 36.7 Å². The fraction of sp³-hybridized carbons (Fsp3) is 0.611. The summed E-state index contributed by atoms with van der Waals surface area (Å²) in [7, 11) is 0. The highest BCUT2D eigenvalue weighted by atomic mass is 19.1. The van der Waals surface area contributed by atoms with E-state index < -0.39 is 0 Å². The number of benzene rings is 1. The molecule has 22 heavy (non-hydrogen) atoms. The van der Waals surface area contributed by atoms with Crippen LogP contribution in [0.3, 0.4) is 0 Å². The Morgan fingerprint density at radius 2 is 2.00 bits per heavy atom. The molecule has 1 heterocycles. The summed E-state index contributed by atoms with van der Waals surface area (Å²) in [5.41, 5.74) is 2.94. The molecule has 0 radical (unpaired) electrons. The van der Waals surface area contributed by atoms with E-state index in [-0.39, 0.29) is 18.6 Å². The highest BCUT2D eigenvalue weighted by molar-refractivity contribution is 5.97. The molecule has 1 aliphatic rings. The van der Waals surface area contributed by atoms with Crippen LogP contribution in [0.15, 0.2) is 12.1 Å². The maximum atomic E-state index is 12.6. The van der Waals surface area contributed by atoms with E-state index in [0.717, 1.165) is 35.4 Å². The summed E-state index contributed by atoms with van der Waals surface area (Å²) in [5.74, 6) is 1.10. The smallest absolute Gasteiger partial charge is 0.254 e. The van der Waals surface area contributed by atoms with E-state index in [0.29, 0.717) is 18.9 Å². The van der Waals surface area contributed by atoms with Gasteiger partial charge in [0.25, 0.3) is 5.91 Å². The second-order valence-corrected chi connectivity index (χ2v) is 6.44. The lowest BCUT2D eigenvalue weighted by atomic mass is 9.91. The predicted molar refractivity (Wildman–Crippen MR) is 86.5 cm³/mol. The van der Waals surface area contributed by atoms with Gasteiger partial charge in [-0.15, -0.1) is 0 Å². The van der Waals surface area contributed by atoms with Gasteiger partial charge < -0.3 is 9.64 Å². The molecule has 1 aromatic rings. The second kappa shape index (κ2) is 7.12. The van der Waals surface area contributed by atoms with Gasteiger partial charge in [0.2, 0.25) is 0 Å². The second-order valence-electron chi connectivity index (χ2n) is 6.44. The van der Waals surface area contributed by atoms with Crippen molar-refractivity contribution in [2.24, 2.45) is 0 Å². The number of hydrogen-bond donors (Lipinski definition) is 0. The molecule has 1 aliphatic heterocycles. The Kier molecular flexibility index (Phi) is 5.43. The normalized spacial score (nSPS) is 14.7. The molecule has 0 N–H and O–H groups in total. The van der Waals surface area contributed by atoms with Crippen LogP contribution >= 0.6 is 0 Å². The number of alkyl halides is 1. The molecule has 1 aromatic carbocycles. The number of carbonyl (C=O) groups excluding carboxylic acids is 1. The largest absolute Gasteiger partial charge is 0.493 e. The summed E-state index contributed by atoms with van der Waals surface area (Å²) in [6, 6.07) is 4.15. The lowest BCUT2D eigenvalue weighted by Crippen LogP contribution is -2.42. The van der Waals surface area contributed by atoms with Crippen LogP contribution < -0.4 is 4.74 Å². The Balaban J connectivity index is 2.36. The number of halogens is 1. The van der Waals surface area contributed by atoms with E-state index in [2.05, 4.69) is 19.9 Å². The zero-order valence-electron chi connectivity index (χ0n) is 14.0. The van der Waals surface area contributed by atoms with Crippen molar-refractivity contribution in [3.8, 4) is 5.75 Å². The number of nitrogens with zero attached hydrogens (tertiary/aromatic N) is 1. The van der Waals surface area contributed by atoms with Gasteiger partial charge in [-0.05, 0) is 43.4 Å². The van der Waals surface area contributed by atoms with Crippen LogP contribution in [-0.2, 0) is 6.42 Å². The summed E-state index contributed by atoms with van der Waals surface area (Å²) in [6.45, 7) is 9.00. The van der Waals surface area contributed by atoms with E-state index in [4.69, 9.17) is 4.74 Å². The van der Waals surface area contributed by atoms with Gasteiger partial charge in [-0.2, -0.15) is 0 Å². The minimum atomic E-state index is -0.387. The van der Waals surface area contributed by atoms with Gasteiger partial charge in [-0.3, -0.25) is 9.18 Å². The lowest BCUT2D eigenvalue weighted by Gasteiger charge is -2.32. The number of hydrogen-bond acceptors (Lipinski definition) is 2. The van der Waals surface area contributed by atoms with Crippen molar-refractivity contribution in [2.75, 3.05) is 19.8 Å². The Morgan fingerprint density at radius 3 is 2.59 bits per heavy atom. The SMILES string of the molecule is CC(C)c1cc2c(cc1OCCCF)C(=O)N(C(C)C)CC2. The number of fused-ring (bicyclic) bond motifs is 1. The van der Waals surface area contributed by atoms with Crippen molar-refractivity contribution in [2.45, 2.75) is 52.5 Å². The first kappa shape index (κ1) is 16.8. The highest BCUT2D eigenvalue weighted by Gasteiger charge is 2.28. The zero-order chi connectivity index (χ0) is 16.3. The minimum absolute atomic E-state index is 0.0712. The van der Waals surface area contributed by atoms with E-state index in [1.54, 1.807) is 0 Å². The van der Waals surface area contributed by atoms with Gasteiger partial charge in [0.1, 0.15) is 5.75 Å². The third-order valence-corrected chi connectivity index (χ3v) is 4.13. The summed E-state index contributed by atoms with van der Waals surface area (Å²) in [5, 5.41) is 0. The molecule has 0 saturated carbocycles. The Labute approximate surface area is 132 Å². The highest BCUT2D eigenvalue weighted by Crippen LogP contribution is 2.33. The molecular weight excluding hydrogens is 281 g/mol.